The molecule has 0 fully saturated rings. The second-order valence-corrected chi connectivity index (χ2v) is 5.83. The number of hydrogen-bond donors (Lipinski definition) is 0. The molecule has 0 aliphatic heterocycles. The molecule has 0 radical (unpaired) electrons. The second-order valence-electron chi connectivity index (χ2n) is 4.77. The Kier molecular flexibility index (Phi) is 3.75. The first-order valence-corrected chi connectivity index (χ1v) is 7.45. The first kappa shape index (κ1) is 13.8. The number of carbonyl (C=O) groups is 2. The maximum Gasteiger partial charge on any atom is 0.348 e. The van der Waals surface area contributed by atoms with Crippen molar-refractivity contribution in [1.29, 1.82) is 0 Å². The molecule has 0 atom stereocenters. The summed E-state index contributed by atoms with van der Waals surface area (Å²) < 4.78 is 9.39. The Hall–Kier alpha value is -2.14. The van der Waals surface area contributed by atoms with Gasteiger partial charge in [-0.3, -0.25) is 0 Å². The van der Waals surface area contributed by atoms with Crippen molar-refractivity contribution in [3.63, 3.8) is 0 Å². The van der Waals surface area contributed by atoms with Gasteiger partial charge in [-0.05, 0) is 35.6 Å². The molecule has 1 aliphatic carbocycles. The fourth-order valence-electron chi connectivity index (χ4n) is 2.43. The summed E-state index contributed by atoms with van der Waals surface area (Å²) in [7, 11) is 1.26. The zero-order chi connectivity index (χ0) is 14.8. The molecule has 0 saturated carbocycles. The first-order valence-electron chi connectivity index (χ1n) is 6.64. The topological polar surface area (TPSA) is 52.6 Å². The predicted octanol–water partition coefficient (Wildman–Crippen LogP) is 2.84. The molecule has 1 aromatic heterocycles. The van der Waals surface area contributed by atoms with E-state index in [2.05, 4.69) is 16.9 Å². The van der Waals surface area contributed by atoms with Gasteiger partial charge in [0.2, 0.25) is 0 Å². The van der Waals surface area contributed by atoms with E-state index in [4.69, 9.17) is 4.74 Å². The molecule has 1 aliphatic rings. The molecule has 3 rings (SSSR count). The molecule has 0 spiro atoms. The number of thiophene rings is 1. The van der Waals surface area contributed by atoms with E-state index in [1.54, 1.807) is 0 Å². The van der Waals surface area contributed by atoms with E-state index in [1.165, 1.54) is 35.1 Å². The maximum atomic E-state index is 12.0. The lowest BCUT2D eigenvalue weighted by Crippen LogP contribution is -2.14. The number of hydrogen-bond acceptors (Lipinski definition) is 5. The van der Waals surface area contributed by atoms with Gasteiger partial charge in [0.15, 0.2) is 6.61 Å². The summed E-state index contributed by atoms with van der Waals surface area (Å²) in [6.07, 6.45) is 1.91. The average molecular weight is 302 g/mol. The van der Waals surface area contributed by atoms with Gasteiger partial charge in [0, 0.05) is 4.88 Å². The monoisotopic (exact) mass is 302 g/mol. The number of methoxy groups -OCH3 is 1. The summed E-state index contributed by atoms with van der Waals surface area (Å²) in [5, 5.41) is 0. The molecule has 5 heteroatoms. The maximum absolute atomic E-state index is 12.0. The van der Waals surface area contributed by atoms with Crippen molar-refractivity contribution in [3.8, 4) is 10.4 Å². The summed E-state index contributed by atoms with van der Waals surface area (Å²) >= 11 is 1.42. The van der Waals surface area contributed by atoms with E-state index in [9.17, 15) is 9.59 Å². The van der Waals surface area contributed by atoms with Gasteiger partial charge >= 0.3 is 11.9 Å². The van der Waals surface area contributed by atoms with E-state index in [0.717, 1.165) is 17.7 Å². The molecular weight excluding hydrogens is 288 g/mol. The van der Waals surface area contributed by atoms with Gasteiger partial charge < -0.3 is 9.47 Å². The Morgan fingerprint density at radius 3 is 2.76 bits per heavy atom. The quantitative estimate of drug-likeness (QED) is 0.818. The Balaban J connectivity index is 1.84. The highest BCUT2D eigenvalue weighted by Gasteiger charge is 2.22. The van der Waals surface area contributed by atoms with Gasteiger partial charge in [-0.25, -0.2) is 9.59 Å². The summed E-state index contributed by atoms with van der Waals surface area (Å²) in [5.74, 6) is -1.03. The van der Waals surface area contributed by atoms with Gasteiger partial charge in [-0.2, -0.15) is 0 Å². The van der Waals surface area contributed by atoms with Crippen LogP contribution >= 0.6 is 11.3 Å². The zero-order valence-electron chi connectivity index (χ0n) is 11.5. The molecule has 1 heterocycles. The minimum absolute atomic E-state index is 0.353. The SMILES string of the molecule is COC(=O)COC(=O)c1cc2c(s1)-c1ccccc1CC2. The van der Waals surface area contributed by atoms with Crippen LogP contribution < -0.4 is 0 Å². The number of carbonyl (C=O) groups excluding carboxylic acids is 2. The van der Waals surface area contributed by atoms with Crippen molar-refractivity contribution in [3.05, 3.63) is 46.3 Å². The Bertz CT molecular complexity index is 702. The summed E-state index contributed by atoms with van der Waals surface area (Å²) in [5.41, 5.74) is 3.67. The number of esters is 2. The molecule has 21 heavy (non-hydrogen) atoms. The third-order valence-corrected chi connectivity index (χ3v) is 4.68. The van der Waals surface area contributed by atoms with Crippen LogP contribution in [0.25, 0.3) is 10.4 Å². The number of benzene rings is 1. The highest BCUT2D eigenvalue weighted by atomic mass is 32.1. The molecule has 2 aromatic rings. The molecule has 0 N–H and O–H groups in total. The van der Waals surface area contributed by atoms with Crippen LogP contribution in [0.4, 0.5) is 0 Å². The van der Waals surface area contributed by atoms with Crippen LogP contribution in [0.5, 0.6) is 0 Å². The van der Waals surface area contributed by atoms with E-state index in [0.29, 0.717) is 4.88 Å². The fraction of sp³-hybridized carbons (Fsp3) is 0.250. The van der Waals surface area contributed by atoms with E-state index in [-0.39, 0.29) is 6.61 Å². The summed E-state index contributed by atoms with van der Waals surface area (Å²) in [6, 6.07) is 10.1. The lowest BCUT2D eigenvalue weighted by molar-refractivity contribution is -0.144. The molecular formula is C16H14O4S. The van der Waals surface area contributed by atoms with E-state index in [1.807, 2.05) is 18.2 Å². The molecule has 0 unspecified atom stereocenters. The number of ether oxygens (including phenoxy) is 2. The van der Waals surface area contributed by atoms with Crippen molar-refractivity contribution in [2.24, 2.45) is 0 Å². The smallest absolute Gasteiger partial charge is 0.348 e. The van der Waals surface area contributed by atoms with Crippen LogP contribution in [0.3, 0.4) is 0 Å². The normalized spacial score (nSPS) is 12.2. The first-order chi connectivity index (χ1) is 10.2. The fourth-order valence-corrected chi connectivity index (χ4v) is 3.59. The molecule has 108 valence electrons. The zero-order valence-corrected chi connectivity index (χ0v) is 12.4. The van der Waals surface area contributed by atoms with Crippen LogP contribution in [0.2, 0.25) is 0 Å². The Labute approximate surface area is 126 Å². The molecule has 1 aromatic carbocycles. The highest BCUT2D eigenvalue weighted by molar-refractivity contribution is 7.17. The lowest BCUT2D eigenvalue weighted by atomic mass is 9.91. The standard InChI is InChI=1S/C16H14O4S/c1-19-14(17)9-20-16(18)13-8-11-7-6-10-4-2-3-5-12(10)15(11)21-13/h2-5,8H,6-7,9H2,1H3. The molecule has 0 saturated heterocycles. The molecule has 4 nitrogen and oxygen atoms in total. The average Bonchev–Trinajstić information content (AvgIpc) is 2.96. The Morgan fingerprint density at radius 2 is 1.95 bits per heavy atom. The third-order valence-electron chi connectivity index (χ3n) is 3.48. The minimum atomic E-state index is -0.560. The van der Waals surface area contributed by atoms with Crippen LogP contribution in [0.1, 0.15) is 20.8 Å². The third kappa shape index (κ3) is 2.69. The minimum Gasteiger partial charge on any atom is -0.466 e. The van der Waals surface area contributed by atoms with Gasteiger partial charge in [-0.1, -0.05) is 24.3 Å². The molecule has 0 amide bonds. The predicted molar refractivity (Wildman–Crippen MR) is 79.5 cm³/mol. The molecule has 0 bridgehead atoms. The van der Waals surface area contributed by atoms with Gasteiger partial charge in [-0.15, -0.1) is 11.3 Å². The number of rotatable bonds is 3. The highest BCUT2D eigenvalue weighted by Crippen LogP contribution is 2.39. The van der Waals surface area contributed by atoms with Gasteiger partial charge in [0.25, 0.3) is 0 Å². The van der Waals surface area contributed by atoms with E-state index >= 15 is 0 Å². The van der Waals surface area contributed by atoms with Crippen molar-refractivity contribution in [1.82, 2.24) is 0 Å². The second kappa shape index (κ2) is 5.69. The van der Waals surface area contributed by atoms with Crippen LogP contribution in [0, 0.1) is 0 Å². The van der Waals surface area contributed by atoms with Crippen LogP contribution in [-0.4, -0.2) is 25.7 Å². The largest absolute Gasteiger partial charge is 0.466 e. The number of aryl methyl sites for hydroxylation is 2. The van der Waals surface area contributed by atoms with Gasteiger partial charge in [0.05, 0.1) is 7.11 Å². The number of fused-ring (bicyclic) bond motifs is 3. The van der Waals surface area contributed by atoms with Crippen molar-refractivity contribution in [2.75, 3.05) is 13.7 Å². The van der Waals surface area contributed by atoms with E-state index < -0.39 is 11.9 Å². The summed E-state index contributed by atoms with van der Waals surface area (Å²) in [4.78, 5) is 24.6. The summed E-state index contributed by atoms with van der Waals surface area (Å²) in [6.45, 7) is -0.353. The van der Waals surface area contributed by atoms with Crippen molar-refractivity contribution < 1.29 is 19.1 Å². The van der Waals surface area contributed by atoms with Crippen molar-refractivity contribution in [2.45, 2.75) is 12.8 Å². The van der Waals surface area contributed by atoms with Crippen molar-refractivity contribution >= 4 is 23.3 Å². The lowest BCUT2D eigenvalue weighted by Gasteiger charge is -2.15. The Morgan fingerprint density at radius 1 is 1.19 bits per heavy atom. The van der Waals surface area contributed by atoms with Crippen LogP contribution in [-0.2, 0) is 27.1 Å². The van der Waals surface area contributed by atoms with Crippen LogP contribution in [0.15, 0.2) is 30.3 Å². The van der Waals surface area contributed by atoms with Gasteiger partial charge in [0.1, 0.15) is 4.88 Å².